The molecule has 0 spiro atoms. The van der Waals surface area contributed by atoms with Gasteiger partial charge in [0, 0.05) is 22.5 Å². The van der Waals surface area contributed by atoms with E-state index < -0.39 is 23.2 Å². The molecule has 1 aromatic heterocycles. The zero-order valence-corrected chi connectivity index (χ0v) is 27.6. The van der Waals surface area contributed by atoms with Gasteiger partial charge in [-0.3, -0.25) is 4.79 Å². The summed E-state index contributed by atoms with van der Waals surface area (Å²) in [5.41, 5.74) is 1.94. The Morgan fingerprint density at radius 1 is 1.14 bits per heavy atom. The minimum absolute atomic E-state index is 0.0124. The molecular formula is C36H49NO6S. The van der Waals surface area contributed by atoms with E-state index in [4.69, 9.17) is 9.47 Å². The van der Waals surface area contributed by atoms with Gasteiger partial charge in [0.25, 0.3) is 0 Å². The molecule has 44 heavy (non-hydrogen) atoms. The number of hydrogen-bond acceptors (Lipinski definition) is 7. The maximum absolute atomic E-state index is 14.1. The van der Waals surface area contributed by atoms with Gasteiger partial charge in [-0.1, -0.05) is 30.7 Å². The minimum Gasteiger partial charge on any atom is -0.450 e. The number of amides is 1. The summed E-state index contributed by atoms with van der Waals surface area (Å²) in [4.78, 5) is 30.8. The van der Waals surface area contributed by atoms with Crippen molar-refractivity contribution in [3.63, 3.8) is 0 Å². The molecule has 6 rings (SSSR count). The van der Waals surface area contributed by atoms with E-state index in [0.29, 0.717) is 55.7 Å². The Morgan fingerprint density at radius 3 is 2.66 bits per heavy atom. The number of benzene rings is 1. The van der Waals surface area contributed by atoms with Crippen LogP contribution in [0.3, 0.4) is 0 Å². The van der Waals surface area contributed by atoms with Crippen molar-refractivity contribution in [2.75, 3.05) is 26.3 Å². The Kier molecular flexibility index (Phi) is 10.3. The Hall–Kier alpha value is -2.52. The van der Waals surface area contributed by atoms with Crippen LogP contribution in [0.4, 0.5) is 4.79 Å². The number of ketones is 1. The van der Waals surface area contributed by atoms with E-state index in [-0.39, 0.29) is 31.0 Å². The number of fused-ring (bicyclic) bond motifs is 8. The lowest BCUT2D eigenvalue weighted by Gasteiger charge is -2.46. The van der Waals surface area contributed by atoms with E-state index in [9.17, 15) is 19.8 Å². The van der Waals surface area contributed by atoms with Crippen LogP contribution in [0, 0.1) is 12.3 Å². The summed E-state index contributed by atoms with van der Waals surface area (Å²) >= 11 is 1.49. The molecule has 0 radical (unpaired) electrons. The molecule has 7 nitrogen and oxygen atoms in total. The predicted octanol–water partition coefficient (Wildman–Crippen LogP) is 6.96. The Morgan fingerprint density at radius 2 is 1.95 bits per heavy atom. The number of thiophene rings is 1. The molecule has 2 heterocycles. The summed E-state index contributed by atoms with van der Waals surface area (Å²) in [5.74, 6) is -0.114. The van der Waals surface area contributed by atoms with E-state index in [1.165, 1.54) is 16.9 Å². The average Bonchev–Trinajstić information content (AvgIpc) is 3.72. The van der Waals surface area contributed by atoms with Crippen molar-refractivity contribution in [2.45, 2.75) is 109 Å². The second-order valence-electron chi connectivity index (χ2n) is 13.4. The number of ether oxygens (including phenoxy) is 2. The molecule has 2 N–H and O–H groups in total. The molecule has 3 aliphatic carbocycles. The van der Waals surface area contributed by atoms with Gasteiger partial charge < -0.3 is 24.6 Å². The molecule has 1 saturated heterocycles. The highest BCUT2D eigenvalue weighted by atomic mass is 32.1. The van der Waals surface area contributed by atoms with Gasteiger partial charge >= 0.3 is 6.09 Å². The van der Waals surface area contributed by atoms with Crippen LogP contribution in [-0.2, 0) is 15.9 Å². The van der Waals surface area contributed by atoms with Crippen LogP contribution in [0.2, 0.25) is 0 Å². The fourth-order valence-electron chi connectivity index (χ4n) is 7.65. The zero-order valence-electron chi connectivity index (χ0n) is 26.8. The second-order valence-corrected chi connectivity index (χ2v) is 14.7. The summed E-state index contributed by atoms with van der Waals surface area (Å²) in [6.45, 7) is 9.55. The first-order valence-electron chi connectivity index (χ1n) is 16.4. The Balaban J connectivity index is 1.57. The summed E-state index contributed by atoms with van der Waals surface area (Å²) in [6, 6.07) is 9.95. The minimum atomic E-state index is -1.20. The summed E-state index contributed by atoms with van der Waals surface area (Å²) in [6.07, 6.45) is 7.68. The van der Waals surface area contributed by atoms with Crippen molar-refractivity contribution in [1.29, 1.82) is 0 Å². The lowest BCUT2D eigenvalue weighted by atomic mass is 9.64. The average molecular weight is 624 g/mol. The highest BCUT2D eigenvalue weighted by Crippen LogP contribution is 2.59. The van der Waals surface area contributed by atoms with Gasteiger partial charge in [-0.05, 0) is 114 Å². The van der Waals surface area contributed by atoms with Crippen molar-refractivity contribution in [2.24, 2.45) is 5.41 Å². The maximum Gasteiger partial charge on any atom is 0.409 e. The molecule has 4 aliphatic rings. The van der Waals surface area contributed by atoms with Crippen LogP contribution < -0.4 is 0 Å². The molecule has 1 amide bonds. The summed E-state index contributed by atoms with van der Waals surface area (Å²) < 4.78 is 11.3. The number of carbonyl (C=O) groups is 2. The molecule has 8 heteroatoms. The molecule has 1 saturated carbocycles. The first-order chi connectivity index (χ1) is 21.0. The number of aryl methyl sites for hydroxylation is 1. The molecule has 2 bridgehead atoms. The first kappa shape index (κ1) is 32.9. The van der Waals surface area contributed by atoms with Crippen LogP contribution >= 0.6 is 11.3 Å². The molecule has 240 valence electrons. The van der Waals surface area contributed by atoms with E-state index in [2.05, 4.69) is 26.0 Å². The molecule has 2 fully saturated rings. The van der Waals surface area contributed by atoms with Gasteiger partial charge in [0.2, 0.25) is 5.78 Å². The Bertz CT molecular complexity index is 1360. The number of rotatable bonds is 7. The lowest BCUT2D eigenvalue weighted by Crippen LogP contribution is -2.55. The van der Waals surface area contributed by atoms with Crippen molar-refractivity contribution < 1.29 is 29.3 Å². The monoisotopic (exact) mass is 623 g/mol. The first-order valence-corrected chi connectivity index (χ1v) is 17.2. The third-order valence-electron chi connectivity index (χ3n) is 10.3. The predicted molar refractivity (Wildman–Crippen MR) is 173 cm³/mol. The molecule has 1 aromatic carbocycles. The molecule has 5 atom stereocenters. The second kappa shape index (κ2) is 13.9. The van der Waals surface area contributed by atoms with Gasteiger partial charge in [-0.15, -0.1) is 11.3 Å². The van der Waals surface area contributed by atoms with Crippen LogP contribution in [0.5, 0.6) is 0 Å². The number of nitrogens with zero attached hydrogens (tertiary/aromatic N) is 1. The third kappa shape index (κ3) is 6.99. The van der Waals surface area contributed by atoms with Crippen LogP contribution in [0.25, 0.3) is 0 Å². The molecule has 0 unspecified atom stereocenters. The van der Waals surface area contributed by atoms with Gasteiger partial charge in [-0.2, -0.15) is 0 Å². The summed E-state index contributed by atoms with van der Waals surface area (Å²) in [7, 11) is 0. The van der Waals surface area contributed by atoms with Crippen LogP contribution in [0.15, 0.2) is 42.0 Å². The largest absolute Gasteiger partial charge is 0.450 e. The number of allylic oxidation sites excluding steroid dienone is 2. The number of aliphatic hydroxyl groups is 2. The SMILES string of the molecule is CCOC(=O)N(C[C@H]1CCCO1)C[C@]1(O)CC[C@H]2c3ccc(cc3C(=O)c3ccc(C)s3)C[C@@H](O)CCC(C)=CCC[C@@]21C. The van der Waals surface area contributed by atoms with Crippen molar-refractivity contribution in [3.8, 4) is 0 Å². The highest BCUT2D eigenvalue weighted by molar-refractivity contribution is 7.14. The standard InChI is InChI=1S/C36H49NO6S/c1-5-42-34(40)37(22-28-9-7-19-43-28)23-36(41)18-16-31-29-14-12-26(21-30(29)33(39)32-15-11-25(3)44-32)20-27(38)13-10-24(2)8-6-17-35(31,36)4/h8,11-12,14-15,21,27-28,31,38,41H,5-7,9-10,13,16-20,22-23H2,1-4H3/t27-,28+,31-,35-,36+/m0/s1. The number of carbonyl (C=O) groups excluding carboxylic acids is 2. The van der Waals surface area contributed by atoms with Crippen LogP contribution in [-0.4, -0.2) is 71.1 Å². The van der Waals surface area contributed by atoms with Gasteiger partial charge in [0.1, 0.15) is 0 Å². The van der Waals surface area contributed by atoms with Crippen molar-refractivity contribution in [3.05, 3.63) is 68.4 Å². The highest BCUT2D eigenvalue weighted by Gasteiger charge is 2.58. The van der Waals surface area contributed by atoms with Crippen molar-refractivity contribution in [1.82, 2.24) is 4.90 Å². The zero-order chi connectivity index (χ0) is 31.5. The van der Waals surface area contributed by atoms with Crippen LogP contribution in [0.1, 0.15) is 109 Å². The number of aliphatic hydroxyl groups excluding tert-OH is 1. The smallest absolute Gasteiger partial charge is 0.409 e. The van der Waals surface area contributed by atoms with E-state index in [1.54, 1.807) is 11.8 Å². The maximum atomic E-state index is 14.1. The Labute approximate surface area is 266 Å². The number of hydrogen-bond donors (Lipinski definition) is 2. The quantitative estimate of drug-likeness (QED) is 0.256. The molecule has 2 aromatic rings. The van der Waals surface area contributed by atoms with Crippen molar-refractivity contribution >= 4 is 23.2 Å². The molecule has 1 aliphatic heterocycles. The van der Waals surface area contributed by atoms with Gasteiger partial charge in [0.05, 0.1) is 42.4 Å². The van der Waals surface area contributed by atoms with E-state index in [0.717, 1.165) is 41.7 Å². The van der Waals surface area contributed by atoms with Gasteiger partial charge in [-0.25, -0.2) is 4.79 Å². The van der Waals surface area contributed by atoms with Gasteiger partial charge in [0.15, 0.2) is 0 Å². The lowest BCUT2D eigenvalue weighted by molar-refractivity contribution is -0.0851. The third-order valence-corrected chi connectivity index (χ3v) is 11.3. The van der Waals surface area contributed by atoms with E-state index >= 15 is 0 Å². The fraction of sp³-hybridized carbons (Fsp3) is 0.611. The normalized spacial score (nSPS) is 29.1. The van der Waals surface area contributed by atoms with E-state index in [1.807, 2.05) is 31.2 Å². The molecular weight excluding hydrogens is 574 g/mol. The topological polar surface area (TPSA) is 96.3 Å². The summed E-state index contributed by atoms with van der Waals surface area (Å²) in [5, 5.41) is 23.5. The fourth-order valence-corrected chi connectivity index (χ4v) is 8.48.